The Morgan fingerprint density at radius 2 is 1.88 bits per heavy atom. The molecular formula is C13H21NO2. The van der Waals surface area contributed by atoms with Crippen LogP contribution < -0.4 is 15.2 Å². The number of hydrogen-bond donors (Lipinski definition) is 1. The average Bonchev–Trinajstić information content (AvgIpc) is 2.26. The largest absolute Gasteiger partial charge is 0.493 e. The minimum Gasteiger partial charge on any atom is -0.493 e. The summed E-state index contributed by atoms with van der Waals surface area (Å²) in [5.74, 6) is 2.04. The topological polar surface area (TPSA) is 44.5 Å². The Bertz CT molecular complexity index is 337. The van der Waals surface area contributed by atoms with Gasteiger partial charge in [0.1, 0.15) is 0 Å². The van der Waals surface area contributed by atoms with Gasteiger partial charge in [0.05, 0.1) is 14.2 Å². The standard InChI is InChI=1S/C13H21NO2/c1-9(2)8-11(14)10-6-5-7-12(15-3)13(10)16-4/h5-7,9,11H,8,14H2,1-4H3. The molecule has 1 unspecified atom stereocenters. The summed E-state index contributed by atoms with van der Waals surface area (Å²) in [5.41, 5.74) is 7.17. The molecule has 1 aromatic rings. The number of nitrogens with two attached hydrogens (primary N) is 1. The summed E-state index contributed by atoms with van der Waals surface area (Å²) in [6.45, 7) is 4.32. The summed E-state index contributed by atoms with van der Waals surface area (Å²) in [6, 6.07) is 5.81. The van der Waals surface area contributed by atoms with Gasteiger partial charge in [-0.25, -0.2) is 0 Å². The van der Waals surface area contributed by atoms with Crippen molar-refractivity contribution in [1.29, 1.82) is 0 Å². The van der Waals surface area contributed by atoms with Crippen LogP contribution in [-0.4, -0.2) is 14.2 Å². The average molecular weight is 223 g/mol. The zero-order valence-corrected chi connectivity index (χ0v) is 10.5. The van der Waals surface area contributed by atoms with E-state index in [0.29, 0.717) is 5.92 Å². The summed E-state index contributed by atoms with van der Waals surface area (Å²) in [7, 11) is 3.28. The third kappa shape index (κ3) is 2.89. The van der Waals surface area contributed by atoms with Gasteiger partial charge in [0.2, 0.25) is 0 Å². The van der Waals surface area contributed by atoms with Crippen molar-refractivity contribution in [2.24, 2.45) is 11.7 Å². The molecule has 0 bridgehead atoms. The van der Waals surface area contributed by atoms with Gasteiger partial charge in [0, 0.05) is 11.6 Å². The van der Waals surface area contributed by atoms with Crippen LogP contribution in [0, 0.1) is 5.92 Å². The molecule has 0 aliphatic rings. The lowest BCUT2D eigenvalue weighted by atomic mass is 9.97. The lowest BCUT2D eigenvalue weighted by molar-refractivity contribution is 0.347. The Morgan fingerprint density at radius 1 is 1.19 bits per heavy atom. The molecule has 0 saturated carbocycles. The van der Waals surface area contributed by atoms with Gasteiger partial charge in [-0.1, -0.05) is 26.0 Å². The highest BCUT2D eigenvalue weighted by atomic mass is 16.5. The monoisotopic (exact) mass is 223 g/mol. The van der Waals surface area contributed by atoms with E-state index in [1.54, 1.807) is 14.2 Å². The van der Waals surface area contributed by atoms with Crippen LogP contribution in [0.25, 0.3) is 0 Å². The molecule has 0 amide bonds. The number of para-hydroxylation sites is 1. The highest BCUT2D eigenvalue weighted by Gasteiger charge is 2.16. The fraction of sp³-hybridized carbons (Fsp3) is 0.538. The Kier molecular flexibility index (Phi) is 4.62. The van der Waals surface area contributed by atoms with Crippen molar-refractivity contribution in [3.05, 3.63) is 23.8 Å². The molecule has 1 rings (SSSR count). The van der Waals surface area contributed by atoms with Gasteiger partial charge < -0.3 is 15.2 Å². The van der Waals surface area contributed by atoms with E-state index in [-0.39, 0.29) is 6.04 Å². The fourth-order valence-electron chi connectivity index (χ4n) is 1.84. The Labute approximate surface area is 97.6 Å². The van der Waals surface area contributed by atoms with Crippen molar-refractivity contribution in [2.75, 3.05) is 14.2 Å². The van der Waals surface area contributed by atoms with Crippen molar-refractivity contribution in [3.8, 4) is 11.5 Å². The smallest absolute Gasteiger partial charge is 0.165 e. The highest BCUT2D eigenvalue weighted by Crippen LogP contribution is 2.35. The van der Waals surface area contributed by atoms with Crippen molar-refractivity contribution >= 4 is 0 Å². The van der Waals surface area contributed by atoms with E-state index >= 15 is 0 Å². The van der Waals surface area contributed by atoms with Crippen LogP contribution in [0.15, 0.2) is 18.2 Å². The maximum absolute atomic E-state index is 6.16. The van der Waals surface area contributed by atoms with Gasteiger partial charge in [0.15, 0.2) is 11.5 Å². The van der Waals surface area contributed by atoms with E-state index in [1.807, 2.05) is 18.2 Å². The minimum absolute atomic E-state index is 0.00921. The van der Waals surface area contributed by atoms with E-state index in [0.717, 1.165) is 23.5 Å². The number of benzene rings is 1. The molecule has 0 spiro atoms. The van der Waals surface area contributed by atoms with Crippen molar-refractivity contribution < 1.29 is 9.47 Å². The molecule has 0 heterocycles. The van der Waals surface area contributed by atoms with Gasteiger partial charge in [-0.05, 0) is 18.4 Å². The van der Waals surface area contributed by atoms with Crippen LogP contribution in [0.1, 0.15) is 31.9 Å². The number of rotatable bonds is 5. The second-order valence-corrected chi connectivity index (χ2v) is 4.32. The first kappa shape index (κ1) is 12.8. The molecule has 0 aliphatic heterocycles. The zero-order chi connectivity index (χ0) is 12.1. The van der Waals surface area contributed by atoms with E-state index < -0.39 is 0 Å². The first-order valence-corrected chi connectivity index (χ1v) is 5.56. The zero-order valence-electron chi connectivity index (χ0n) is 10.5. The molecule has 0 aromatic heterocycles. The molecule has 0 aliphatic carbocycles. The molecular weight excluding hydrogens is 202 g/mol. The SMILES string of the molecule is COc1cccc(C(N)CC(C)C)c1OC. The molecule has 0 fully saturated rings. The van der Waals surface area contributed by atoms with Crippen LogP contribution in [0.5, 0.6) is 11.5 Å². The first-order chi connectivity index (χ1) is 7.60. The maximum Gasteiger partial charge on any atom is 0.165 e. The van der Waals surface area contributed by atoms with E-state index in [4.69, 9.17) is 15.2 Å². The predicted molar refractivity (Wildman–Crippen MR) is 65.9 cm³/mol. The summed E-state index contributed by atoms with van der Waals surface area (Å²) in [4.78, 5) is 0. The van der Waals surface area contributed by atoms with E-state index in [1.165, 1.54) is 0 Å². The van der Waals surface area contributed by atoms with Gasteiger partial charge in [-0.15, -0.1) is 0 Å². The summed E-state index contributed by atoms with van der Waals surface area (Å²) < 4.78 is 10.6. The molecule has 16 heavy (non-hydrogen) atoms. The summed E-state index contributed by atoms with van der Waals surface area (Å²) >= 11 is 0. The summed E-state index contributed by atoms with van der Waals surface area (Å²) in [5, 5.41) is 0. The van der Waals surface area contributed by atoms with E-state index in [9.17, 15) is 0 Å². The Morgan fingerprint density at radius 3 is 2.38 bits per heavy atom. The number of methoxy groups -OCH3 is 2. The van der Waals surface area contributed by atoms with Gasteiger partial charge >= 0.3 is 0 Å². The van der Waals surface area contributed by atoms with Crippen molar-refractivity contribution in [1.82, 2.24) is 0 Å². The fourth-order valence-corrected chi connectivity index (χ4v) is 1.84. The summed E-state index contributed by atoms with van der Waals surface area (Å²) in [6.07, 6.45) is 0.934. The third-order valence-electron chi connectivity index (χ3n) is 2.56. The maximum atomic E-state index is 6.16. The van der Waals surface area contributed by atoms with E-state index in [2.05, 4.69) is 13.8 Å². The Balaban J connectivity index is 3.02. The molecule has 0 saturated heterocycles. The van der Waals surface area contributed by atoms with Gasteiger partial charge in [-0.3, -0.25) is 0 Å². The molecule has 1 atom stereocenters. The second-order valence-electron chi connectivity index (χ2n) is 4.32. The Hall–Kier alpha value is -1.22. The third-order valence-corrected chi connectivity index (χ3v) is 2.56. The van der Waals surface area contributed by atoms with Gasteiger partial charge in [-0.2, -0.15) is 0 Å². The number of hydrogen-bond acceptors (Lipinski definition) is 3. The quantitative estimate of drug-likeness (QED) is 0.834. The first-order valence-electron chi connectivity index (χ1n) is 5.56. The highest BCUT2D eigenvalue weighted by molar-refractivity contribution is 5.47. The second kappa shape index (κ2) is 5.75. The van der Waals surface area contributed by atoms with Crippen LogP contribution in [0.3, 0.4) is 0 Å². The van der Waals surface area contributed by atoms with Crippen LogP contribution in [0.4, 0.5) is 0 Å². The lowest BCUT2D eigenvalue weighted by Crippen LogP contribution is -2.14. The molecule has 2 N–H and O–H groups in total. The molecule has 90 valence electrons. The van der Waals surface area contributed by atoms with Crippen LogP contribution in [-0.2, 0) is 0 Å². The lowest BCUT2D eigenvalue weighted by Gasteiger charge is -2.19. The van der Waals surface area contributed by atoms with Gasteiger partial charge in [0.25, 0.3) is 0 Å². The minimum atomic E-state index is -0.00921. The predicted octanol–water partition coefficient (Wildman–Crippen LogP) is 2.75. The van der Waals surface area contributed by atoms with Crippen molar-refractivity contribution in [2.45, 2.75) is 26.3 Å². The molecule has 3 heteroatoms. The molecule has 3 nitrogen and oxygen atoms in total. The van der Waals surface area contributed by atoms with Crippen LogP contribution >= 0.6 is 0 Å². The normalized spacial score (nSPS) is 12.6. The molecule has 1 aromatic carbocycles. The number of ether oxygens (including phenoxy) is 2. The van der Waals surface area contributed by atoms with Crippen molar-refractivity contribution in [3.63, 3.8) is 0 Å². The molecule has 0 radical (unpaired) electrons. The van der Waals surface area contributed by atoms with Crippen LogP contribution in [0.2, 0.25) is 0 Å².